The number of rotatable bonds is 2. The Morgan fingerprint density at radius 3 is 2.87 bits per heavy atom. The summed E-state index contributed by atoms with van der Waals surface area (Å²) in [6, 6.07) is 5.61. The largest absolute Gasteiger partial charge is 0.373 e. The van der Waals surface area contributed by atoms with Crippen LogP contribution in [0, 0.1) is 0 Å². The van der Waals surface area contributed by atoms with Crippen molar-refractivity contribution in [3.63, 3.8) is 0 Å². The molecule has 0 unspecified atom stereocenters. The van der Waals surface area contributed by atoms with E-state index in [0.29, 0.717) is 5.82 Å². The molecule has 0 saturated carbocycles. The van der Waals surface area contributed by atoms with Crippen molar-refractivity contribution in [2.45, 2.75) is 0 Å². The molecule has 0 fully saturated rings. The van der Waals surface area contributed by atoms with Crippen molar-refractivity contribution < 1.29 is 0 Å². The second kappa shape index (κ2) is 3.91. The average Bonchev–Trinajstić information content (AvgIpc) is 2.29. The highest BCUT2D eigenvalue weighted by atomic mass is 15.1. The second-order valence-corrected chi connectivity index (χ2v) is 2.99. The summed E-state index contributed by atoms with van der Waals surface area (Å²) >= 11 is 0. The summed E-state index contributed by atoms with van der Waals surface area (Å²) in [4.78, 5) is 12.2. The van der Waals surface area contributed by atoms with Crippen molar-refractivity contribution in [1.29, 1.82) is 0 Å². The molecule has 2 aromatic heterocycles. The van der Waals surface area contributed by atoms with E-state index >= 15 is 0 Å². The minimum absolute atomic E-state index is 0.251. The Morgan fingerprint density at radius 1 is 1.33 bits per heavy atom. The number of nitrogens with two attached hydrogens (primary N) is 1. The zero-order valence-electron chi connectivity index (χ0n) is 8.31. The molecule has 2 aromatic rings. The zero-order chi connectivity index (χ0) is 10.7. The van der Waals surface area contributed by atoms with Gasteiger partial charge in [0.2, 0.25) is 5.95 Å². The average molecular weight is 201 g/mol. The fourth-order valence-electron chi connectivity index (χ4n) is 1.26. The Labute approximate surface area is 87.4 Å². The Hall–Kier alpha value is -2.17. The molecule has 5 heteroatoms. The van der Waals surface area contributed by atoms with Crippen LogP contribution in [0.15, 0.2) is 30.6 Å². The first kappa shape index (κ1) is 9.39. The Bertz CT molecular complexity index is 455. The van der Waals surface area contributed by atoms with E-state index in [4.69, 9.17) is 5.73 Å². The molecule has 0 aliphatic rings. The van der Waals surface area contributed by atoms with E-state index in [9.17, 15) is 0 Å². The van der Waals surface area contributed by atoms with Gasteiger partial charge in [-0.05, 0) is 12.1 Å². The van der Waals surface area contributed by atoms with Crippen molar-refractivity contribution in [2.75, 3.05) is 18.1 Å². The number of nitrogens with one attached hydrogen (secondary N) is 1. The van der Waals surface area contributed by atoms with E-state index in [-0.39, 0.29) is 5.95 Å². The fourth-order valence-corrected chi connectivity index (χ4v) is 1.26. The van der Waals surface area contributed by atoms with Gasteiger partial charge in [0, 0.05) is 31.1 Å². The minimum Gasteiger partial charge on any atom is -0.373 e. The van der Waals surface area contributed by atoms with E-state index in [1.165, 1.54) is 0 Å². The Balaban J connectivity index is 2.49. The number of hydrogen-bond acceptors (Lipinski definition) is 5. The smallest absolute Gasteiger partial charge is 0.222 e. The highest BCUT2D eigenvalue weighted by molar-refractivity contribution is 5.62. The van der Waals surface area contributed by atoms with Crippen molar-refractivity contribution in [3.05, 3.63) is 30.6 Å². The molecule has 0 aliphatic carbocycles. The van der Waals surface area contributed by atoms with Crippen molar-refractivity contribution in [1.82, 2.24) is 15.0 Å². The molecule has 0 saturated heterocycles. The van der Waals surface area contributed by atoms with Crippen LogP contribution < -0.4 is 11.1 Å². The molecule has 0 aromatic carbocycles. The van der Waals surface area contributed by atoms with Crippen LogP contribution in [0.3, 0.4) is 0 Å². The normalized spacial score (nSPS) is 9.93. The van der Waals surface area contributed by atoms with Crippen LogP contribution in [0.2, 0.25) is 0 Å². The van der Waals surface area contributed by atoms with Crippen molar-refractivity contribution in [3.8, 4) is 11.3 Å². The molecule has 76 valence electrons. The molecular formula is C10H11N5. The van der Waals surface area contributed by atoms with E-state index in [2.05, 4.69) is 20.3 Å². The number of anilines is 2. The molecule has 2 heterocycles. The highest BCUT2D eigenvalue weighted by Crippen LogP contribution is 2.18. The number of nitrogens with zero attached hydrogens (tertiary/aromatic N) is 3. The summed E-state index contributed by atoms with van der Waals surface area (Å²) in [6.45, 7) is 0. The third kappa shape index (κ3) is 2.01. The molecule has 0 radical (unpaired) electrons. The molecule has 3 N–H and O–H groups in total. The molecule has 0 bridgehead atoms. The predicted octanol–water partition coefficient (Wildman–Crippen LogP) is 1.16. The lowest BCUT2D eigenvalue weighted by atomic mass is 10.2. The van der Waals surface area contributed by atoms with Crippen molar-refractivity contribution in [2.24, 2.45) is 0 Å². The first-order valence-corrected chi connectivity index (χ1v) is 4.52. The van der Waals surface area contributed by atoms with Gasteiger partial charge in [-0.15, -0.1) is 0 Å². The number of aromatic nitrogens is 3. The van der Waals surface area contributed by atoms with Gasteiger partial charge in [-0.25, -0.2) is 4.98 Å². The summed E-state index contributed by atoms with van der Waals surface area (Å²) in [5.74, 6) is 0.946. The van der Waals surface area contributed by atoms with Gasteiger partial charge in [0.1, 0.15) is 5.82 Å². The van der Waals surface area contributed by atoms with E-state index in [1.807, 2.05) is 18.2 Å². The SMILES string of the molecule is CNc1cc(-c2cccnc2)nc(N)n1. The summed E-state index contributed by atoms with van der Waals surface area (Å²) in [5.41, 5.74) is 7.27. The van der Waals surface area contributed by atoms with Crippen LogP contribution >= 0.6 is 0 Å². The van der Waals surface area contributed by atoms with E-state index < -0.39 is 0 Å². The van der Waals surface area contributed by atoms with Gasteiger partial charge < -0.3 is 11.1 Å². The highest BCUT2D eigenvalue weighted by Gasteiger charge is 2.03. The summed E-state index contributed by atoms with van der Waals surface area (Å²) < 4.78 is 0. The lowest BCUT2D eigenvalue weighted by molar-refractivity contribution is 1.17. The molecular weight excluding hydrogens is 190 g/mol. The number of pyridine rings is 1. The topological polar surface area (TPSA) is 76.7 Å². The van der Waals surface area contributed by atoms with Gasteiger partial charge in [0.15, 0.2) is 0 Å². The number of hydrogen-bond donors (Lipinski definition) is 2. The van der Waals surface area contributed by atoms with Crippen LogP contribution in [0.1, 0.15) is 0 Å². The van der Waals surface area contributed by atoms with E-state index in [0.717, 1.165) is 11.3 Å². The summed E-state index contributed by atoms with van der Waals surface area (Å²) in [5, 5.41) is 2.93. The monoisotopic (exact) mass is 201 g/mol. The Kier molecular flexibility index (Phi) is 2.45. The molecule has 0 spiro atoms. The maximum atomic E-state index is 5.59. The lowest BCUT2D eigenvalue weighted by Crippen LogP contribution is -2.01. The Morgan fingerprint density at radius 2 is 2.20 bits per heavy atom. The molecule has 5 nitrogen and oxygen atoms in total. The minimum atomic E-state index is 0.251. The zero-order valence-corrected chi connectivity index (χ0v) is 8.31. The van der Waals surface area contributed by atoms with Crippen LogP contribution in [-0.4, -0.2) is 22.0 Å². The summed E-state index contributed by atoms with van der Waals surface area (Å²) in [7, 11) is 1.79. The number of nitrogen functional groups attached to an aromatic ring is 1. The van der Waals surface area contributed by atoms with E-state index in [1.54, 1.807) is 19.4 Å². The van der Waals surface area contributed by atoms with Crippen LogP contribution in [0.4, 0.5) is 11.8 Å². The molecule has 15 heavy (non-hydrogen) atoms. The standard InChI is InChI=1S/C10H11N5/c1-12-9-5-8(14-10(11)15-9)7-3-2-4-13-6-7/h2-6H,1H3,(H3,11,12,14,15). The van der Waals surface area contributed by atoms with Gasteiger partial charge in [0.05, 0.1) is 5.69 Å². The first-order valence-electron chi connectivity index (χ1n) is 4.52. The third-order valence-electron chi connectivity index (χ3n) is 1.96. The van der Waals surface area contributed by atoms with Crippen LogP contribution in [0.25, 0.3) is 11.3 Å². The predicted molar refractivity (Wildman–Crippen MR) is 59.2 cm³/mol. The van der Waals surface area contributed by atoms with Gasteiger partial charge >= 0.3 is 0 Å². The van der Waals surface area contributed by atoms with Gasteiger partial charge in [-0.1, -0.05) is 0 Å². The van der Waals surface area contributed by atoms with Gasteiger partial charge in [-0.3, -0.25) is 4.98 Å². The summed E-state index contributed by atoms with van der Waals surface area (Å²) in [6.07, 6.45) is 3.45. The maximum absolute atomic E-state index is 5.59. The van der Waals surface area contributed by atoms with Gasteiger partial charge in [-0.2, -0.15) is 4.98 Å². The second-order valence-electron chi connectivity index (χ2n) is 2.99. The molecule has 0 aliphatic heterocycles. The first-order chi connectivity index (χ1) is 7.29. The van der Waals surface area contributed by atoms with Gasteiger partial charge in [0.25, 0.3) is 0 Å². The molecule has 0 amide bonds. The molecule has 2 rings (SSSR count). The quantitative estimate of drug-likeness (QED) is 0.762. The molecule has 0 atom stereocenters. The lowest BCUT2D eigenvalue weighted by Gasteiger charge is -2.04. The van der Waals surface area contributed by atoms with Crippen molar-refractivity contribution >= 4 is 11.8 Å². The third-order valence-corrected chi connectivity index (χ3v) is 1.96. The van der Waals surface area contributed by atoms with Crippen LogP contribution in [0.5, 0.6) is 0 Å². The van der Waals surface area contributed by atoms with Crippen LogP contribution in [-0.2, 0) is 0 Å². The maximum Gasteiger partial charge on any atom is 0.222 e. The fraction of sp³-hybridized carbons (Fsp3) is 0.100.